The standard InChI is InChI=1S/C22H29N3O3S/c1-23-17-20(29(27,28)25-11-5-6-12-25)16-21(23)22(26)24-13-9-19(10-14-24)15-18-7-3-2-4-8-18/h2-4,7-8,16-17,19H,5-6,9-15H2,1H3. The molecule has 0 atom stereocenters. The normalized spacial score (nSPS) is 19.0. The average molecular weight is 416 g/mol. The topological polar surface area (TPSA) is 62.6 Å². The molecule has 3 heterocycles. The molecule has 2 aliphatic rings. The molecule has 2 aliphatic heterocycles. The lowest BCUT2D eigenvalue weighted by Gasteiger charge is -2.32. The number of amides is 1. The quantitative estimate of drug-likeness (QED) is 0.754. The Labute approximate surface area is 173 Å². The van der Waals surface area contributed by atoms with Gasteiger partial charge in [-0.25, -0.2) is 8.42 Å². The predicted octanol–water partition coefficient (Wildman–Crippen LogP) is 2.90. The maximum absolute atomic E-state index is 13.0. The minimum Gasteiger partial charge on any atom is -0.345 e. The fourth-order valence-corrected chi connectivity index (χ4v) is 6.00. The van der Waals surface area contributed by atoms with Crippen molar-refractivity contribution in [3.8, 4) is 0 Å². The molecule has 2 saturated heterocycles. The zero-order chi connectivity index (χ0) is 20.4. The number of hydrogen-bond acceptors (Lipinski definition) is 3. The molecule has 29 heavy (non-hydrogen) atoms. The summed E-state index contributed by atoms with van der Waals surface area (Å²) >= 11 is 0. The minimum absolute atomic E-state index is 0.0754. The van der Waals surface area contributed by atoms with Gasteiger partial charge in [0, 0.05) is 39.4 Å². The van der Waals surface area contributed by atoms with Crippen LogP contribution in [-0.4, -0.2) is 54.3 Å². The van der Waals surface area contributed by atoms with Crippen molar-refractivity contribution in [3.05, 3.63) is 53.9 Å². The molecule has 6 nitrogen and oxygen atoms in total. The smallest absolute Gasteiger partial charge is 0.270 e. The Morgan fingerprint density at radius 1 is 1.03 bits per heavy atom. The maximum atomic E-state index is 13.0. The number of aryl methyl sites for hydroxylation is 1. The van der Waals surface area contributed by atoms with Crippen LogP contribution in [0.4, 0.5) is 0 Å². The lowest BCUT2D eigenvalue weighted by atomic mass is 9.90. The second-order valence-corrected chi connectivity index (χ2v) is 10.1. The molecular formula is C22H29N3O3S. The van der Waals surface area contributed by atoms with E-state index in [0.29, 0.717) is 24.7 Å². The SMILES string of the molecule is Cn1cc(S(=O)(=O)N2CCCC2)cc1C(=O)N1CCC(Cc2ccccc2)CC1. The first-order chi connectivity index (χ1) is 13.9. The van der Waals surface area contributed by atoms with Gasteiger partial charge in [-0.2, -0.15) is 4.31 Å². The highest BCUT2D eigenvalue weighted by Crippen LogP contribution is 2.26. The van der Waals surface area contributed by atoms with E-state index in [-0.39, 0.29) is 10.8 Å². The number of carbonyl (C=O) groups is 1. The molecule has 1 amide bonds. The molecule has 4 rings (SSSR count). The molecule has 1 aromatic carbocycles. The summed E-state index contributed by atoms with van der Waals surface area (Å²) in [5.74, 6) is 0.509. The summed E-state index contributed by atoms with van der Waals surface area (Å²) in [6.45, 7) is 2.57. The summed E-state index contributed by atoms with van der Waals surface area (Å²) in [6, 6.07) is 12.0. The fraction of sp³-hybridized carbons (Fsp3) is 0.500. The van der Waals surface area contributed by atoms with E-state index in [0.717, 1.165) is 45.2 Å². The number of rotatable bonds is 5. The third-order valence-electron chi connectivity index (χ3n) is 6.17. The summed E-state index contributed by atoms with van der Waals surface area (Å²) in [6.07, 6.45) is 6.37. The molecule has 2 fully saturated rings. The van der Waals surface area contributed by atoms with Gasteiger partial charge in [-0.05, 0) is 49.7 Å². The fourth-order valence-electron chi connectivity index (χ4n) is 4.42. The van der Waals surface area contributed by atoms with Crippen LogP contribution in [0, 0.1) is 5.92 Å². The molecule has 156 valence electrons. The second kappa shape index (κ2) is 8.32. The highest BCUT2D eigenvalue weighted by molar-refractivity contribution is 7.89. The van der Waals surface area contributed by atoms with E-state index < -0.39 is 10.0 Å². The molecule has 0 N–H and O–H groups in total. The summed E-state index contributed by atoms with van der Waals surface area (Å²) in [4.78, 5) is 15.1. The van der Waals surface area contributed by atoms with E-state index in [2.05, 4.69) is 24.3 Å². The lowest BCUT2D eigenvalue weighted by molar-refractivity contribution is 0.0681. The largest absolute Gasteiger partial charge is 0.345 e. The highest BCUT2D eigenvalue weighted by Gasteiger charge is 2.31. The van der Waals surface area contributed by atoms with Gasteiger partial charge >= 0.3 is 0 Å². The molecule has 2 aromatic rings. The Balaban J connectivity index is 1.41. The lowest BCUT2D eigenvalue weighted by Crippen LogP contribution is -2.39. The van der Waals surface area contributed by atoms with E-state index in [1.54, 1.807) is 23.9 Å². The zero-order valence-electron chi connectivity index (χ0n) is 17.0. The molecular weight excluding hydrogens is 386 g/mol. The number of nitrogens with zero attached hydrogens (tertiary/aromatic N) is 3. The summed E-state index contributed by atoms with van der Waals surface area (Å²) in [5, 5.41) is 0. The van der Waals surface area contributed by atoms with Gasteiger partial charge in [0.2, 0.25) is 10.0 Å². The van der Waals surface area contributed by atoms with Crippen LogP contribution in [-0.2, 0) is 23.5 Å². The van der Waals surface area contributed by atoms with Gasteiger partial charge < -0.3 is 9.47 Å². The van der Waals surface area contributed by atoms with Crippen LogP contribution in [0.3, 0.4) is 0 Å². The maximum Gasteiger partial charge on any atom is 0.270 e. The molecule has 0 spiro atoms. The van der Waals surface area contributed by atoms with Gasteiger partial charge in [0.25, 0.3) is 5.91 Å². The van der Waals surface area contributed by atoms with Crippen molar-refractivity contribution in [3.63, 3.8) is 0 Å². The summed E-state index contributed by atoms with van der Waals surface area (Å²) in [7, 11) is -1.76. The Hall–Kier alpha value is -2.12. The van der Waals surface area contributed by atoms with Crippen LogP contribution < -0.4 is 0 Å². The molecule has 1 aromatic heterocycles. The van der Waals surface area contributed by atoms with E-state index in [9.17, 15) is 13.2 Å². The van der Waals surface area contributed by atoms with Crippen molar-refractivity contribution in [2.45, 2.75) is 37.0 Å². The van der Waals surface area contributed by atoms with Gasteiger partial charge in [0.1, 0.15) is 10.6 Å². The van der Waals surface area contributed by atoms with Crippen molar-refractivity contribution in [2.24, 2.45) is 13.0 Å². The molecule has 0 saturated carbocycles. The van der Waals surface area contributed by atoms with Crippen molar-refractivity contribution in [1.82, 2.24) is 13.8 Å². The Morgan fingerprint density at radius 3 is 2.34 bits per heavy atom. The van der Waals surface area contributed by atoms with E-state index >= 15 is 0 Å². The van der Waals surface area contributed by atoms with Crippen molar-refractivity contribution in [1.29, 1.82) is 0 Å². The Bertz CT molecular complexity index is 954. The van der Waals surface area contributed by atoms with Gasteiger partial charge in [-0.3, -0.25) is 4.79 Å². The highest BCUT2D eigenvalue weighted by atomic mass is 32.2. The summed E-state index contributed by atoms with van der Waals surface area (Å²) in [5.41, 5.74) is 1.79. The van der Waals surface area contributed by atoms with E-state index in [4.69, 9.17) is 0 Å². The molecule has 0 radical (unpaired) electrons. The van der Waals surface area contributed by atoms with Crippen LogP contribution >= 0.6 is 0 Å². The number of sulfonamides is 1. The van der Waals surface area contributed by atoms with Crippen LogP contribution in [0.1, 0.15) is 41.7 Å². The van der Waals surface area contributed by atoms with Crippen LogP contribution in [0.15, 0.2) is 47.5 Å². The molecule has 7 heteroatoms. The first kappa shape index (κ1) is 20.2. The Kier molecular flexibility index (Phi) is 5.79. The van der Waals surface area contributed by atoms with Gasteiger partial charge in [0.05, 0.1) is 0 Å². The first-order valence-corrected chi connectivity index (χ1v) is 11.9. The van der Waals surface area contributed by atoms with Gasteiger partial charge in [0.15, 0.2) is 0 Å². The van der Waals surface area contributed by atoms with Gasteiger partial charge in [-0.1, -0.05) is 30.3 Å². The third-order valence-corrected chi connectivity index (χ3v) is 8.03. The third kappa shape index (κ3) is 4.26. The predicted molar refractivity (Wildman–Crippen MR) is 112 cm³/mol. The van der Waals surface area contributed by atoms with E-state index in [1.807, 2.05) is 11.0 Å². The van der Waals surface area contributed by atoms with Crippen molar-refractivity contribution >= 4 is 15.9 Å². The Morgan fingerprint density at radius 2 is 1.69 bits per heavy atom. The molecule has 0 unspecified atom stereocenters. The number of piperidine rings is 1. The first-order valence-electron chi connectivity index (χ1n) is 10.4. The molecule has 0 bridgehead atoms. The van der Waals surface area contributed by atoms with Crippen LogP contribution in [0.5, 0.6) is 0 Å². The summed E-state index contributed by atoms with van der Waals surface area (Å²) < 4.78 is 28.8. The number of likely N-dealkylation sites (tertiary alicyclic amines) is 1. The minimum atomic E-state index is -3.51. The van der Waals surface area contributed by atoms with E-state index in [1.165, 1.54) is 9.87 Å². The van der Waals surface area contributed by atoms with Crippen molar-refractivity contribution in [2.75, 3.05) is 26.2 Å². The number of carbonyl (C=O) groups excluding carboxylic acids is 1. The van der Waals surface area contributed by atoms with Crippen LogP contribution in [0.25, 0.3) is 0 Å². The van der Waals surface area contributed by atoms with Gasteiger partial charge in [-0.15, -0.1) is 0 Å². The second-order valence-electron chi connectivity index (χ2n) is 8.21. The monoisotopic (exact) mass is 415 g/mol. The number of benzene rings is 1. The average Bonchev–Trinajstić information content (AvgIpc) is 3.39. The van der Waals surface area contributed by atoms with Crippen molar-refractivity contribution < 1.29 is 13.2 Å². The number of aromatic nitrogens is 1. The molecule has 0 aliphatic carbocycles. The zero-order valence-corrected chi connectivity index (χ0v) is 17.8. The number of hydrogen-bond donors (Lipinski definition) is 0. The van der Waals surface area contributed by atoms with Crippen LogP contribution in [0.2, 0.25) is 0 Å².